The van der Waals surface area contributed by atoms with Crippen LogP contribution in [0.4, 0.5) is 0 Å². The second-order valence-electron chi connectivity index (χ2n) is 8.41. The molecule has 8 nitrogen and oxygen atoms in total. The largest absolute Gasteiger partial charge is 0.507 e. The summed E-state index contributed by atoms with van der Waals surface area (Å²) >= 11 is 0. The Morgan fingerprint density at radius 2 is 1.85 bits per heavy atom. The fourth-order valence-corrected chi connectivity index (χ4v) is 4.23. The van der Waals surface area contributed by atoms with Crippen molar-refractivity contribution in [2.45, 2.75) is 13.5 Å². The molecule has 0 fully saturated rings. The number of aryl methyl sites for hydroxylation is 1. The lowest BCUT2D eigenvalue weighted by atomic mass is 9.98. The summed E-state index contributed by atoms with van der Waals surface area (Å²) in [4.78, 5) is 39.4. The Kier molecular flexibility index (Phi) is 5.13. The molecule has 5 aromatic rings. The monoisotopic (exact) mass is 453 g/mol. The Morgan fingerprint density at radius 1 is 1.09 bits per heavy atom. The minimum Gasteiger partial charge on any atom is -0.507 e. The Bertz CT molecular complexity index is 1560. The zero-order valence-electron chi connectivity index (χ0n) is 19.0. The van der Waals surface area contributed by atoms with Gasteiger partial charge in [0.1, 0.15) is 22.8 Å². The highest BCUT2D eigenvalue weighted by molar-refractivity contribution is 6.23. The molecule has 2 N–H and O–H groups in total. The van der Waals surface area contributed by atoms with Gasteiger partial charge in [-0.25, -0.2) is 4.98 Å². The zero-order chi connectivity index (χ0) is 24.0. The molecule has 0 aliphatic carbocycles. The van der Waals surface area contributed by atoms with Crippen LogP contribution >= 0.6 is 0 Å². The van der Waals surface area contributed by atoms with Gasteiger partial charge in [-0.15, -0.1) is 0 Å². The number of benzene rings is 2. The number of aromatic hydroxyl groups is 1. The second kappa shape index (κ2) is 8.15. The van der Waals surface area contributed by atoms with E-state index in [2.05, 4.69) is 19.5 Å². The number of hydrogen-bond acceptors (Lipinski definition) is 5. The van der Waals surface area contributed by atoms with Gasteiger partial charge in [0.2, 0.25) is 0 Å². The summed E-state index contributed by atoms with van der Waals surface area (Å²) in [5.41, 5.74) is 4.12. The molecule has 8 heteroatoms. The number of phenols is 1. The highest BCUT2D eigenvalue weighted by Crippen LogP contribution is 2.32. The number of ketones is 1. The molecule has 170 valence electrons. The van der Waals surface area contributed by atoms with Crippen LogP contribution in [-0.2, 0) is 6.54 Å². The molecule has 0 spiro atoms. The summed E-state index contributed by atoms with van der Waals surface area (Å²) in [6.45, 7) is 2.55. The lowest BCUT2D eigenvalue weighted by Crippen LogP contribution is -2.24. The zero-order valence-corrected chi connectivity index (χ0v) is 19.0. The van der Waals surface area contributed by atoms with E-state index < -0.39 is 0 Å². The van der Waals surface area contributed by atoms with E-state index in [1.165, 1.54) is 11.0 Å². The number of rotatable bonds is 5. The molecule has 0 aliphatic heterocycles. The molecule has 3 heterocycles. The maximum atomic E-state index is 13.6. The van der Waals surface area contributed by atoms with E-state index in [1.54, 1.807) is 50.8 Å². The van der Waals surface area contributed by atoms with E-state index in [9.17, 15) is 14.7 Å². The smallest absolute Gasteiger partial charge is 0.270 e. The van der Waals surface area contributed by atoms with E-state index in [-0.39, 0.29) is 28.7 Å². The van der Waals surface area contributed by atoms with Crippen LogP contribution in [-0.4, -0.2) is 55.3 Å². The lowest BCUT2D eigenvalue weighted by Gasteiger charge is -2.11. The summed E-state index contributed by atoms with van der Waals surface area (Å²) in [6, 6.07) is 14.1. The first-order valence-corrected chi connectivity index (χ1v) is 10.8. The molecular formula is C26H23N5O3. The van der Waals surface area contributed by atoms with Crippen LogP contribution in [0.3, 0.4) is 0 Å². The quantitative estimate of drug-likeness (QED) is 0.393. The maximum absolute atomic E-state index is 13.6. The number of aromatic nitrogens is 4. The number of fused-ring (bicyclic) bond motifs is 2. The number of pyridine rings is 1. The van der Waals surface area contributed by atoms with Gasteiger partial charge in [-0.05, 0) is 30.7 Å². The highest BCUT2D eigenvalue weighted by Gasteiger charge is 2.26. The minimum atomic E-state index is -0.340. The second-order valence-corrected chi connectivity index (χ2v) is 8.41. The molecule has 5 rings (SSSR count). The molecule has 0 bridgehead atoms. The third-order valence-electron chi connectivity index (χ3n) is 5.95. The van der Waals surface area contributed by atoms with E-state index in [0.29, 0.717) is 23.0 Å². The van der Waals surface area contributed by atoms with Gasteiger partial charge in [0.25, 0.3) is 5.91 Å². The first kappa shape index (κ1) is 21.4. The van der Waals surface area contributed by atoms with Crippen molar-refractivity contribution in [2.24, 2.45) is 0 Å². The van der Waals surface area contributed by atoms with Gasteiger partial charge in [-0.1, -0.05) is 30.3 Å². The van der Waals surface area contributed by atoms with E-state index >= 15 is 0 Å². The van der Waals surface area contributed by atoms with Crippen LogP contribution in [0.15, 0.2) is 60.9 Å². The molecule has 0 saturated heterocycles. The van der Waals surface area contributed by atoms with Gasteiger partial charge in [-0.2, -0.15) is 0 Å². The van der Waals surface area contributed by atoms with Crippen molar-refractivity contribution in [1.29, 1.82) is 0 Å². The number of aromatic amines is 1. The van der Waals surface area contributed by atoms with E-state index in [1.807, 2.05) is 25.1 Å². The average molecular weight is 454 g/mol. The van der Waals surface area contributed by atoms with E-state index in [0.717, 1.165) is 22.4 Å². The number of hydrogen-bond donors (Lipinski definition) is 2. The summed E-state index contributed by atoms with van der Waals surface area (Å²) in [5, 5.41) is 10.8. The third-order valence-corrected chi connectivity index (χ3v) is 5.95. The summed E-state index contributed by atoms with van der Waals surface area (Å²) < 4.78 is 2.10. The average Bonchev–Trinajstić information content (AvgIpc) is 3.37. The highest BCUT2D eigenvalue weighted by atomic mass is 16.3. The fraction of sp³-hybridized carbons (Fsp3) is 0.154. The first-order chi connectivity index (χ1) is 16.3. The molecule has 1 amide bonds. The molecule has 0 atom stereocenters. The molecule has 0 aliphatic rings. The number of nitrogens with one attached hydrogen (secondary N) is 1. The van der Waals surface area contributed by atoms with Gasteiger partial charge in [-0.3, -0.25) is 14.6 Å². The Hall–Kier alpha value is -4.46. The van der Waals surface area contributed by atoms with Crippen molar-refractivity contribution in [1.82, 2.24) is 24.4 Å². The molecule has 2 aromatic carbocycles. The van der Waals surface area contributed by atoms with Gasteiger partial charge in [0, 0.05) is 32.4 Å². The molecule has 34 heavy (non-hydrogen) atoms. The number of carbonyl (C=O) groups is 2. The van der Waals surface area contributed by atoms with E-state index in [4.69, 9.17) is 0 Å². The normalized spacial score (nSPS) is 11.3. The number of H-pyrrole nitrogens is 1. The summed E-state index contributed by atoms with van der Waals surface area (Å²) in [6.07, 6.45) is 3.48. The molecule has 3 aromatic heterocycles. The number of carbonyl (C=O) groups excluding carboxylic acids is 2. The fourth-order valence-electron chi connectivity index (χ4n) is 4.23. The van der Waals surface area contributed by atoms with Crippen LogP contribution in [0.1, 0.15) is 37.8 Å². The van der Waals surface area contributed by atoms with Crippen LogP contribution in [0.2, 0.25) is 0 Å². The van der Waals surface area contributed by atoms with Gasteiger partial charge in [0.15, 0.2) is 5.78 Å². The van der Waals surface area contributed by atoms with Gasteiger partial charge < -0.3 is 19.6 Å². The maximum Gasteiger partial charge on any atom is 0.270 e. The SMILES string of the molecule is Cc1nc2cnccc2n1Cc1ccc(C(=O)c2c(C(=O)N(C)C)[nH]c3cccc(O)c23)cc1. The van der Waals surface area contributed by atoms with Crippen molar-refractivity contribution in [2.75, 3.05) is 14.1 Å². The van der Waals surface area contributed by atoms with Crippen molar-refractivity contribution >= 4 is 33.6 Å². The number of phenolic OH excluding ortho intramolecular Hbond substituents is 1. The topological polar surface area (TPSA) is 104 Å². The Balaban J connectivity index is 1.52. The minimum absolute atomic E-state index is 0.0523. The Labute approximate surface area is 195 Å². The van der Waals surface area contributed by atoms with Crippen molar-refractivity contribution in [3.8, 4) is 5.75 Å². The van der Waals surface area contributed by atoms with Crippen molar-refractivity contribution < 1.29 is 14.7 Å². The standard InChI is InChI=1S/C26H23N5O3/c1-15-28-19-13-27-12-11-20(19)31(15)14-16-7-9-17(10-8-16)25(33)23-22-18(5-4-6-21(22)32)29-24(23)26(34)30(2)3/h4-13,29,32H,14H2,1-3H3. The summed E-state index contributed by atoms with van der Waals surface area (Å²) in [5.74, 6) is 0.153. The number of amides is 1. The summed E-state index contributed by atoms with van der Waals surface area (Å²) in [7, 11) is 3.24. The van der Waals surface area contributed by atoms with Crippen LogP contribution in [0.25, 0.3) is 21.9 Å². The Morgan fingerprint density at radius 3 is 2.59 bits per heavy atom. The van der Waals surface area contributed by atoms with Crippen molar-refractivity contribution in [3.63, 3.8) is 0 Å². The van der Waals surface area contributed by atoms with Crippen LogP contribution < -0.4 is 0 Å². The number of nitrogens with zero attached hydrogens (tertiary/aromatic N) is 4. The van der Waals surface area contributed by atoms with Gasteiger partial charge in [0.05, 0.1) is 28.2 Å². The first-order valence-electron chi connectivity index (χ1n) is 10.8. The third kappa shape index (κ3) is 3.49. The predicted octanol–water partition coefficient (Wildman–Crippen LogP) is 3.91. The van der Waals surface area contributed by atoms with Crippen LogP contribution in [0.5, 0.6) is 5.75 Å². The molecule has 0 unspecified atom stereocenters. The molecule has 0 saturated carbocycles. The van der Waals surface area contributed by atoms with Crippen LogP contribution in [0, 0.1) is 6.92 Å². The molecular weight excluding hydrogens is 430 g/mol. The molecule has 0 radical (unpaired) electrons. The van der Waals surface area contributed by atoms with Crippen molar-refractivity contribution in [3.05, 3.63) is 89.1 Å². The predicted molar refractivity (Wildman–Crippen MR) is 129 cm³/mol. The lowest BCUT2D eigenvalue weighted by molar-refractivity contribution is 0.0817. The van der Waals surface area contributed by atoms with Gasteiger partial charge >= 0.3 is 0 Å². The number of imidazole rings is 1.